The van der Waals surface area contributed by atoms with Crippen molar-refractivity contribution in [3.8, 4) is 17.5 Å². The zero-order valence-corrected chi connectivity index (χ0v) is 18.9. The number of fused-ring (bicyclic) bond motifs is 1. The number of carbonyl (C=O) groups is 1. The number of anilines is 1. The van der Waals surface area contributed by atoms with E-state index in [1.165, 1.54) is 22.8 Å². The van der Waals surface area contributed by atoms with Crippen LogP contribution in [0.2, 0.25) is 0 Å². The number of halogens is 3. The van der Waals surface area contributed by atoms with Crippen molar-refractivity contribution in [3.63, 3.8) is 0 Å². The molecule has 0 saturated heterocycles. The molecule has 0 radical (unpaired) electrons. The van der Waals surface area contributed by atoms with Crippen LogP contribution in [0.15, 0.2) is 65.7 Å². The molecular weight excluding hydrogens is 483 g/mol. The van der Waals surface area contributed by atoms with E-state index in [9.17, 15) is 26.4 Å². The van der Waals surface area contributed by atoms with Crippen LogP contribution >= 0.6 is 0 Å². The summed E-state index contributed by atoms with van der Waals surface area (Å²) >= 11 is 0. The zero-order chi connectivity index (χ0) is 25.4. The van der Waals surface area contributed by atoms with E-state index in [2.05, 4.69) is 15.4 Å². The van der Waals surface area contributed by atoms with Crippen LogP contribution < -0.4 is 5.32 Å². The summed E-state index contributed by atoms with van der Waals surface area (Å²) in [6.07, 6.45) is 2.27. The second kappa shape index (κ2) is 8.84. The van der Waals surface area contributed by atoms with Crippen LogP contribution in [-0.2, 0) is 16.3 Å². The first-order valence-electron chi connectivity index (χ1n) is 10.2. The average Bonchev–Trinajstić information content (AvgIpc) is 3.26. The first kappa shape index (κ1) is 23.9. The molecule has 4 rings (SSSR count). The number of aryl methyl sites for hydroxylation is 1. The van der Waals surface area contributed by atoms with Gasteiger partial charge in [-0.05, 0) is 42.3 Å². The summed E-state index contributed by atoms with van der Waals surface area (Å²) < 4.78 is 64.7. The summed E-state index contributed by atoms with van der Waals surface area (Å²) in [4.78, 5) is 16.0. The molecule has 0 bridgehead atoms. The van der Waals surface area contributed by atoms with Gasteiger partial charge >= 0.3 is 5.51 Å². The highest BCUT2D eigenvalue weighted by Crippen LogP contribution is 2.33. The Morgan fingerprint density at radius 1 is 1.11 bits per heavy atom. The Balaban J connectivity index is 1.68. The maximum absolute atomic E-state index is 13.1. The van der Waals surface area contributed by atoms with Crippen LogP contribution in [0.5, 0.6) is 0 Å². The number of hydrogen-bond acceptors (Lipinski definition) is 6. The third-order valence-corrected chi connectivity index (χ3v) is 6.70. The molecule has 0 aliphatic carbocycles. The zero-order valence-electron chi connectivity index (χ0n) is 18.0. The van der Waals surface area contributed by atoms with Crippen molar-refractivity contribution in [1.82, 2.24) is 14.6 Å². The van der Waals surface area contributed by atoms with Gasteiger partial charge < -0.3 is 5.32 Å². The number of alkyl halides is 3. The van der Waals surface area contributed by atoms with Gasteiger partial charge in [-0.15, -0.1) is 5.10 Å². The second-order valence-electron chi connectivity index (χ2n) is 7.43. The van der Waals surface area contributed by atoms with Gasteiger partial charge in [-0.25, -0.2) is 17.9 Å². The van der Waals surface area contributed by atoms with Crippen LogP contribution in [0.3, 0.4) is 0 Å². The number of carbonyl (C=O) groups excluding carboxylic acids is 1. The topological polar surface area (TPSA) is 117 Å². The van der Waals surface area contributed by atoms with E-state index < -0.39 is 31.7 Å². The molecule has 4 aromatic rings. The minimum absolute atomic E-state index is 0.123. The molecule has 2 aromatic carbocycles. The fourth-order valence-corrected chi connectivity index (χ4v) is 4.24. The number of sulfone groups is 1. The van der Waals surface area contributed by atoms with Gasteiger partial charge in [0.1, 0.15) is 0 Å². The molecule has 0 fully saturated rings. The summed E-state index contributed by atoms with van der Waals surface area (Å²) in [6.45, 7) is 2.03. The number of aromatic nitrogens is 3. The van der Waals surface area contributed by atoms with Crippen LogP contribution in [0, 0.1) is 11.3 Å². The maximum atomic E-state index is 13.1. The largest absolute Gasteiger partial charge is 0.501 e. The monoisotopic (exact) mass is 499 g/mol. The van der Waals surface area contributed by atoms with Gasteiger partial charge in [0.15, 0.2) is 11.5 Å². The predicted octanol–water partition coefficient (Wildman–Crippen LogP) is 4.38. The van der Waals surface area contributed by atoms with Crippen molar-refractivity contribution in [2.24, 2.45) is 0 Å². The predicted molar refractivity (Wildman–Crippen MR) is 120 cm³/mol. The third-order valence-electron chi connectivity index (χ3n) is 5.16. The van der Waals surface area contributed by atoms with Gasteiger partial charge in [0.05, 0.1) is 34.0 Å². The highest BCUT2D eigenvalue weighted by molar-refractivity contribution is 7.92. The van der Waals surface area contributed by atoms with E-state index >= 15 is 0 Å². The fraction of sp³-hybridized carbons (Fsp3) is 0.130. The van der Waals surface area contributed by atoms with Crippen LogP contribution in [0.4, 0.5) is 18.9 Å². The van der Waals surface area contributed by atoms with E-state index in [1.807, 2.05) is 31.2 Å². The Kier molecular flexibility index (Phi) is 6.04. The van der Waals surface area contributed by atoms with Gasteiger partial charge in [0.25, 0.3) is 15.7 Å². The second-order valence-corrected chi connectivity index (χ2v) is 9.34. The molecule has 0 unspecified atom stereocenters. The van der Waals surface area contributed by atoms with E-state index in [1.54, 1.807) is 6.07 Å². The lowest BCUT2D eigenvalue weighted by molar-refractivity contribution is -0.0436. The van der Waals surface area contributed by atoms with Crippen molar-refractivity contribution < 1.29 is 26.4 Å². The number of pyridine rings is 1. The summed E-state index contributed by atoms with van der Waals surface area (Å²) in [5.41, 5.74) is -4.12. The number of hydrogen-bond donors (Lipinski definition) is 1. The Morgan fingerprint density at radius 3 is 2.46 bits per heavy atom. The summed E-state index contributed by atoms with van der Waals surface area (Å²) in [6, 6.07) is 14.6. The molecule has 0 saturated carbocycles. The number of nitrogens with zero attached hydrogens (tertiary/aromatic N) is 4. The van der Waals surface area contributed by atoms with Gasteiger partial charge in [0.2, 0.25) is 0 Å². The molecule has 12 heteroatoms. The van der Waals surface area contributed by atoms with E-state index in [-0.39, 0.29) is 11.3 Å². The molecule has 178 valence electrons. The minimum atomic E-state index is -5.83. The lowest BCUT2D eigenvalue weighted by Gasteiger charge is -2.13. The van der Waals surface area contributed by atoms with Crippen molar-refractivity contribution in [3.05, 3.63) is 77.5 Å². The number of benzene rings is 2. The smallest absolute Gasteiger partial charge is 0.321 e. The number of amides is 1. The molecule has 0 atom stereocenters. The SMILES string of the molecule is CCc1ccc(-c2nc3ccc(NC(=O)c4cc(C#N)ccc4S(=O)(=O)C(F)(F)F)cn3n2)cc1. The van der Waals surface area contributed by atoms with Crippen molar-refractivity contribution in [2.75, 3.05) is 5.32 Å². The molecule has 2 heterocycles. The number of rotatable bonds is 5. The molecule has 0 spiro atoms. The van der Waals surface area contributed by atoms with Gasteiger partial charge in [-0.3, -0.25) is 4.79 Å². The van der Waals surface area contributed by atoms with Crippen LogP contribution in [-0.4, -0.2) is 34.4 Å². The van der Waals surface area contributed by atoms with E-state index in [0.29, 0.717) is 17.5 Å². The summed E-state index contributed by atoms with van der Waals surface area (Å²) in [7, 11) is -5.83. The minimum Gasteiger partial charge on any atom is -0.321 e. The molecular formula is C23H16F3N5O3S. The molecule has 0 aliphatic heterocycles. The summed E-state index contributed by atoms with van der Waals surface area (Å²) in [5, 5.41) is 15.8. The van der Waals surface area contributed by atoms with E-state index in [4.69, 9.17) is 5.26 Å². The van der Waals surface area contributed by atoms with E-state index in [0.717, 1.165) is 29.7 Å². The standard InChI is InChI=1S/C23H16F3N5O3S/c1-2-14-3-6-16(7-4-14)21-29-20-10-8-17(13-31(20)30-21)28-22(32)18-11-15(12-27)5-9-19(18)35(33,34)23(24,25)26/h3-11,13H,2H2,1H3,(H,28,32). The van der Waals surface area contributed by atoms with Crippen LogP contribution in [0.25, 0.3) is 17.0 Å². The Bertz CT molecular complexity index is 1590. The first-order chi connectivity index (χ1) is 16.5. The molecule has 2 aromatic heterocycles. The van der Waals surface area contributed by atoms with Crippen LogP contribution in [0.1, 0.15) is 28.4 Å². The first-order valence-corrected chi connectivity index (χ1v) is 11.6. The number of nitriles is 1. The average molecular weight is 499 g/mol. The molecule has 8 nitrogen and oxygen atoms in total. The van der Waals surface area contributed by atoms with Crippen molar-refractivity contribution >= 4 is 27.1 Å². The Morgan fingerprint density at radius 2 is 1.83 bits per heavy atom. The maximum Gasteiger partial charge on any atom is 0.501 e. The third kappa shape index (κ3) is 4.58. The molecule has 1 N–H and O–H groups in total. The van der Waals surface area contributed by atoms with Crippen molar-refractivity contribution in [1.29, 1.82) is 5.26 Å². The quantitative estimate of drug-likeness (QED) is 0.436. The highest BCUT2D eigenvalue weighted by Gasteiger charge is 2.48. The van der Waals surface area contributed by atoms with Gasteiger partial charge in [-0.1, -0.05) is 31.2 Å². The number of nitrogens with one attached hydrogen (secondary N) is 1. The fourth-order valence-electron chi connectivity index (χ4n) is 3.30. The Labute approximate surface area is 197 Å². The van der Waals surface area contributed by atoms with Crippen molar-refractivity contribution in [2.45, 2.75) is 23.7 Å². The molecule has 1 amide bonds. The molecule has 0 aliphatic rings. The molecule has 35 heavy (non-hydrogen) atoms. The lowest BCUT2D eigenvalue weighted by atomic mass is 10.1. The summed E-state index contributed by atoms with van der Waals surface area (Å²) in [5.74, 6) is -0.712. The van der Waals surface area contributed by atoms with Gasteiger partial charge in [-0.2, -0.15) is 18.4 Å². The highest BCUT2D eigenvalue weighted by atomic mass is 32.2. The Hall–Kier alpha value is -4.24. The lowest BCUT2D eigenvalue weighted by Crippen LogP contribution is -2.26. The normalized spacial score (nSPS) is 11.9. The van der Waals surface area contributed by atoms with Gasteiger partial charge in [0, 0.05) is 5.56 Å².